The fraction of sp³-hybridized carbons (Fsp3) is 1.00. The molecule has 3 aliphatic rings. The topological polar surface area (TPSA) is 33.7 Å². The Balaban J connectivity index is 1.63. The van der Waals surface area contributed by atoms with Crippen molar-refractivity contribution in [3.05, 3.63) is 0 Å². The van der Waals surface area contributed by atoms with Gasteiger partial charge in [0.15, 0.2) is 0 Å². The predicted octanol–water partition coefficient (Wildman–Crippen LogP) is 2.03. The summed E-state index contributed by atoms with van der Waals surface area (Å²) in [5.74, 6) is 0.727. The molecule has 3 atom stereocenters. The third kappa shape index (κ3) is 3.98. The van der Waals surface area contributed by atoms with Gasteiger partial charge < -0.3 is 14.8 Å². The van der Waals surface area contributed by atoms with E-state index in [1.807, 2.05) is 0 Å². The van der Waals surface area contributed by atoms with Gasteiger partial charge in [-0.25, -0.2) is 0 Å². The van der Waals surface area contributed by atoms with Crippen molar-refractivity contribution in [3.63, 3.8) is 0 Å². The SMILES string of the molecule is CC(C)CN(CC1CCCN1)C1CCOC2(CCOC2)C1. The monoisotopic (exact) mass is 296 g/mol. The smallest absolute Gasteiger partial charge is 0.0951 e. The highest BCUT2D eigenvalue weighted by Crippen LogP contribution is 2.35. The van der Waals surface area contributed by atoms with Crippen molar-refractivity contribution in [2.75, 3.05) is 39.5 Å². The molecule has 4 heteroatoms. The van der Waals surface area contributed by atoms with Crippen LogP contribution in [0.15, 0.2) is 0 Å². The van der Waals surface area contributed by atoms with Gasteiger partial charge >= 0.3 is 0 Å². The highest BCUT2D eigenvalue weighted by Gasteiger charge is 2.42. The standard InChI is InChI=1S/C17H32N2O2/c1-14(2)11-19(12-15-4-3-7-18-15)16-5-8-21-17(10-16)6-9-20-13-17/h14-16,18H,3-13H2,1-2H3. The van der Waals surface area contributed by atoms with E-state index in [0.717, 1.165) is 38.6 Å². The number of hydrogen-bond donors (Lipinski definition) is 1. The van der Waals surface area contributed by atoms with Gasteiger partial charge in [0.2, 0.25) is 0 Å². The maximum atomic E-state index is 6.11. The first-order valence-corrected chi connectivity index (χ1v) is 8.86. The van der Waals surface area contributed by atoms with Gasteiger partial charge in [-0.1, -0.05) is 13.8 Å². The highest BCUT2D eigenvalue weighted by atomic mass is 16.6. The van der Waals surface area contributed by atoms with E-state index in [9.17, 15) is 0 Å². The van der Waals surface area contributed by atoms with E-state index in [2.05, 4.69) is 24.1 Å². The molecule has 4 nitrogen and oxygen atoms in total. The quantitative estimate of drug-likeness (QED) is 0.842. The first-order valence-electron chi connectivity index (χ1n) is 8.86. The Kier molecular flexibility index (Phi) is 5.20. The molecule has 21 heavy (non-hydrogen) atoms. The van der Waals surface area contributed by atoms with Crippen LogP contribution < -0.4 is 5.32 Å². The molecule has 1 spiro atoms. The highest BCUT2D eigenvalue weighted by molar-refractivity contribution is 4.94. The summed E-state index contributed by atoms with van der Waals surface area (Å²) in [7, 11) is 0. The Morgan fingerprint density at radius 2 is 2.19 bits per heavy atom. The third-order valence-corrected chi connectivity index (χ3v) is 5.27. The van der Waals surface area contributed by atoms with Crippen molar-refractivity contribution in [1.82, 2.24) is 10.2 Å². The predicted molar refractivity (Wildman–Crippen MR) is 84.6 cm³/mol. The summed E-state index contributed by atoms with van der Waals surface area (Å²) in [6.07, 6.45) is 6.10. The maximum Gasteiger partial charge on any atom is 0.0951 e. The molecule has 122 valence electrons. The van der Waals surface area contributed by atoms with Crippen LogP contribution in [0.5, 0.6) is 0 Å². The molecule has 3 rings (SSSR count). The van der Waals surface area contributed by atoms with Gasteiger partial charge in [0.05, 0.1) is 12.2 Å². The van der Waals surface area contributed by atoms with Gasteiger partial charge in [0.25, 0.3) is 0 Å². The van der Waals surface area contributed by atoms with E-state index in [0.29, 0.717) is 12.1 Å². The molecule has 3 saturated heterocycles. The van der Waals surface area contributed by atoms with E-state index >= 15 is 0 Å². The number of nitrogens with zero attached hydrogens (tertiary/aromatic N) is 1. The van der Waals surface area contributed by atoms with Crippen molar-refractivity contribution in [2.45, 2.75) is 63.6 Å². The van der Waals surface area contributed by atoms with Crippen LogP contribution in [0.25, 0.3) is 0 Å². The molecule has 0 aliphatic carbocycles. The lowest BCUT2D eigenvalue weighted by Gasteiger charge is -2.43. The average molecular weight is 296 g/mol. The number of hydrogen-bond acceptors (Lipinski definition) is 4. The molecule has 3 unspecified atom stereocenters. The average Bonchev–Trinajstić information content (AvgIpc) is 3.10. The van der Waals surface area contributed by atoms with Crippen LogP contribution >= 0.6 is 0 Å². The molecule has 0 radical (unpaired) electrons. The summed E-state index contributed by atoms with van der Waals surface area (Å²) in [5.41, 5.74) is 0.0290. The van der Waals surface area contributed by atoms with Crippen LogP contribution in [-0.2, 0) is 9.47 Å². The van der Waals surface area contributed by atoms with Crippen molar-refractivity contribution in [1.29, 1.82) is 0 Å². The lowest BCUT2D eigenvalue weighted by molar-refractivity contribution is -0.108. The van der Waals surface area contributed by atoms with Gasteiger partial charge in [0.1, 0.15) is 0 Å². The molecule has 1 N–H and O–H groups in total. The molecule has 0 saturated carbocycles. The number of ether oxygens (including phenoxy) is 2. The lowest BCUT2D eigenvalue weighted by Crippen LogP contribution is -2.52. The minimum atomic E-state index is 0.0290. The summed E-state index contributed by atoms with van der Waals surface area (Å²) >= 11 is 0. The van der Waals surface area contributed by atoms with E-state index in [1.54, 1.807) is 0 Å². The third-order valence-electron chi connectivity index (χ3n) is 5.27. The van der Waals surface area contributed by atoms with E-state index < -0.39 is 0 Å². The first-order chi connectivity index (χ1) is 10.2. The second-order valence-corrected chi connectivity index (χ2v) is 7.62. The Labute approximate surface area is 129 Å². The largest absolute Gasteiger partial charge is 0.378 e. The summed E-state index contributed by atoms with van der Waals surface area (Å²) in [6, 6.07) is 1.37. The molecule has 0 aromatic heterocycles. The summed E-state index contributed by atoms with van der Waals surface area (Å²) < 4.78 is 11.7. The minimum absolute atomic E-state index is 0.0290. The Hall–Kier alpha value is -0.160. The lowest BCUT2D eigenvalue weighted by atomic mass is 9.88. The summed E-state index contributed by atoms with van der Waals surface area (Å²) in [5, 5.41) is 3.66. The van der Waals surface area contributed by atoms with Gasteiger partial charge in [-0.2, -0.15) is 0 Å². The molecule has 3 fully saturated rings. The van der Waals surface area contributed by atoms with Crippen molar-refractivity contribution < 1.29 is 9.47 Å². The second kappa shape index (κ2) is 6.95. The van der Waals surface area contributed by atoms with E-state index in [-0.39, 0.29) is 5.60 Å². The molecular weight excluding hydrogens is 264 g/mol. The van der Waals surface area contributed by atoms with Crippen LogP contribution in [0.2, 0.25) is 0 Å². The molecular formula is C17H32N2O2. The van der Waals surface area contributed by atoms with Gasteiger partial charge in [-0.15, -0.1) is 0 Å². The number of nitrogens with one attached hydrogen (secondary N) is 1. The van der Waals surface area contributed by atoms with Crippen LogP contribution in [0.4, 0.5) is 0 Å². The van der Waals surface area contributed by atoms with Gasteiger partial charge in [-0.05, 0) is 38.1 Å². The zero-order valence-electron chi connectivity index (χ0n) is 13.8. The van der Waals surface area contributed by atoms with Crippen LogP contribution in [-0.4, -0.2) is 62.0 Å². The Morgan fingerprint density at radius 3 is 2.86 bits per heavy atom. The summed E-state index contributed by atoms with van der Waals surface area (Å²) in [6.45, 7) is 10.9. The molecule has 0 aromatic rings. The zero-order valence-corrected chi connectivity index (χ0v) is 13.8. The Morgan fingerprint density at radius 1 is 1.29 bits per heavy atom. The van der Waals surface area contributed by atoms with Crippen molar-refractivity contribution in [2.24, 2.45) is 5.92 Å². The fourth-order valence-electron chi connectivity index (χ4n) is 4.21. The van der Waals surface area contributed by atoms with Crippen molar-refractivity contribution in [3.8, 4) is 0 Å². The zero-order chi connectivity index (χ0) is 14.7. The molecule has 3 heterocycles. The summed E-state index contributed by atoms with van der Waals surface area (Å²) in [4.78, 5) is 2.75. The van der Waals surface area contributed by atoms with Crippen molar-refractivity contribution >= 4 is 0 Å². The normalized spacial score (nSPS) is 37.1. The first kappa shape index (κ1) is 15.7. The van der Waals surface area contributed by atoms with Crippen LogP contribution in [0.1, 0.15) is 46.0 Å². The molecule has 0 bridgehead atoms. The van der Waals surface area contributed by atoms with Gasteiger partial charge in [-0.3, -0.25) is 4.90 Å². The van der Waals surface area contributed by atoms with Crippen LogP contribution in [0, 0.1) is 5.92 Å². The van der Waals surface area contributed by atoms with Gasteiger partial charge in [0, 0.05) is 44.8 Å². The molecule has 3 aliphatic heterocycles. The number of rotatable bonds is 5. The van der Waals surface area contributed by atoms with E-state index in [4.69, 9.17) is 9.47 Å². The molecule has 0 aromatic carbocycles. The minimum Gasteiger partial charge on any atom is -0.378 e. The van der Waals surface area contributed by atoms with Crippen LogP contribution in [0.3, 0.4) is 0 Å². The second-order valence-electron chi connectivity index (χ2n) is 7.62. The van der Waals surface area contributed by atoms with E-state index in [1.165, 1.54) is 38.9 Å². The maximum absolute atomic E-state index is 6.11. The Bertz CT molecular complexity index is 323. The molecule has 0 amide bonds. The fourth-order valence-corrected chi connectivity index (χ4v) is 4.21.